The van der Waals surface area contributed by atoms with Crippen LogP contribution in [0.3, 0.4) is 0 Å². The maximum atomic E-state index is 13.4. The van der Waals surface area contributed by atoms with E-state index in [2.05, 4.69) is 23.7 Å². The van der Waals surface area contributed by atoms with E-state index in [1.165, 1.54) is 0 Å². The molecule has 0 saturated carbocycles. The zero-order valence-electron chi connectivity index (χ0n) is 18.8. The van der Waals surface area contributed by atoms with Gasteiger partial charge in [0.1, 0.15) is 0 Å². The van der Waals surface area contributed by atoms with Crippen molar-refractivity contribution in [3.05, 3.63) is 103 Å². The number of carbonyl (C=O) groups is 2. The van der Waals surface area contributed by atoms with Crippen molar-refractivity contribution in [1.29, 1.82) is 0 Å². The molecule has 1 aliphatic heterocycles. The van der Waals surface area contributed by atoms with E-state index in [0.717, 1.165) is 22.3 Å². The third kappa shape index (κ3) is 5.55. The first-order chi connectivity index (χ1) is 16.2. The summed E-state index contributed by atoms with van der Waals surface area (Å²) in [4.78, 5) is 34.5. The molecule has 0 aliphatic carbocycles. The Morgan fingerprint density at radius 2 is 1.82 bits per heavy atom. The van der Waals surface area contributed by atoms with E-state index in [1.807, 2.05) is 70.6 Å². The molecule has 0 N–H and O–H groups in total. The predicted molar refractivity (Wildman–Crippen MR) is 130 cm³/mol. The number of carbonyl (C=O) groups excluding carboxylic acids is 2. The van der Waals surface area contributed by atoms with E-state index in [4.69, 9.17) is 0 Å². The van der Waals surface area contributed by atoms with Crippen molar-refractivity contribution in [2.24, 2.45) is 5.92 Å². The minimum absolute atomic E-state index is 0.0556. The average Bonchev–Trinajstić information content (AvgIpc) is 3.00. The lowest BCUT2D eigenvalue weighted by molar-refractivity contribution is -0.134. The summed E-state index contributed by atoms with van der Waals surface area (Å²) in [5.41, 5.74) is 4.16. The summed E-state index contributed by atoms with van der Waals surface area (Å²) in [6.07, 6.45) is 6.25. The third-order valence-electron chi connectivity index (χ3n) is 6.10. The Hall–Kier alpha value is -3.73. The SMILES string of the molecule is C=CCN1CCN(C(=O)Cc2ccccc2)CC(Cc2ccccc2-c2cccnc2)C1=O. The Morgan fingerprint density at radius 3 is 2.58 bits per heavy atom. The molecule has 1 atom stereocenters. The molecular formula is C28H29N3O2. The molecule has 0 radical (unpaired) electrons. The molecule has 0 bridgehead atoms. The van der Waals surface area contributed by atoms with Gasteiger partial charge in [-0.1, -0.05) is 66.7 Å². The second-order valence-corrected chi connectivity index (χ2v) is 8.37. The van der Waals surface area contributed by atoms with Crippen molar-refractivity contribution >= 4 is 11.8 Å². The largest absolute Gasteiger partial charge is 0.340 e. The minimum Gasteiger partial charge on any atom is -0.340 e. The fourth-order valence-electron chi connectivity index (χ4n) is 4.41. The van der Waals surface area contributed by atoms with Gasteiger partial charge >= 0.3 is 0 Å². The van der Waals surface area contributed by atoms with Crippen LogP contribution in [0.25, 0.3) is 11.1 Å². The standard InChI is InChI=1S/C28H29N3O2/c1-2-15-30-16-17-31(27(32)18-22-9-4-3-5-10-22)21-25(28(30)33)19-23-11-6-7-13-26(23)24-12-8-14-29-20-24/h2-14,20,25H,1,15-19,21H2. The number of pyridine rings is 1. The summed E-state index contributed by atoms with van der Waals surface area (Å²) in [6, 6.07) is 21.8. The van der Waals surface area contributed by atoms with Crippen LogP contribution in [0, 0.1) is 5.92 Å². The molecule has 2 aromatic carbocycles. The molecule has 1 aromatic heterocycles. The topological polar surface area (TPSA) is 53.5 Å². The van der Waals surface area contributed by atoms with Crippen molar-refractivity contribution < 1.29 is 9.59 Å². The number of rotatable bonds is 7. The maximum Gasteiger partial charge on any atom is 0.228 e. The van der Waals surface area contributed by atoms with E-state index < -0.39 is 0 Å². The van der Waals surface area contributed by atoms with Crippen LogP contribution in [0.15, 0.2) is 91.8 Å². The Balaban J connectivity index is 1.59. The van der Waals surface area contributed by atoms with Gasteiger partial charge in [0.25, 0.3) is 0 Å². The summed E-state index contributed by atoms with van der Waals surface area (Å²) >= 11 is 0. The number of hydrogen-bond acceptors (Lipinski definition) is 3. The zero-order valence-corrected chi connectivity index (χ0v) is 18.8. The fraction of sp³-hybridized carbons (Fsp3) is 0.250. The first-order valence-electron chi connectivity index (χ1n) is 11.4. The summed E-state index contributed by atoms with van der Waals surface area (Å²) in [5, 5.41) is 0. The number of nitrogens with zero attached hydrogens (tertiary/aromatic N) is 3. The first-order valence-corrected chi connectivity index (χ1v) is 11.4. The lowest BCUT2D eigenvalue weighted by atomic mass is 9.91. The summed E-state index contributed by atoms with van der Waals surface area (Å²) in [7, 11) is 0. The Bertz CT molecular complexity index is 1100. The van der Waals surface area contributed by atoms with E-state index >= 15 is 0 Å². The summed E-state index contributed by atoms with van der Waals surface area (Å²) < 4.78 is 0. The monoisotopic (exact) mass is 439 g/mol. The summed E-state index contributed by atoms with van der Waals surface area (Å²) in [6.45, 7) is 5.77. The van der Waals surface area contributed by atoms with Crippen LogP contribution in [0.1, 0.15) is 11.1 Å². The van der Waals surface area contributed by atoms with Gasteiger partial charge in [-0.3, -0.25) is 14.6 Å². The number of benzene rings is 2. The molecular weight excluding hydrogens is 410 g/mol. The van der Waals surface area contributed by atoms with Gasteiger partial charge in [-0.15, -0.1) is 6.58 Å². The van der Waals surface area contributed by atoms with Gasteiger partial charge in [-0.25, -0.2) is 0 Å². The van der Waals surface area contributed by atoms with Crippen LogP contribution in [0.4, 0.5) is 0 Å². The quantitative estimate of drug-likeness (QED) is 0.523. The second-order valence-electron chi connectivity index (χ2n) is 8.37. The normalized spacial score (nSPS) is 16.4. The Morgan fingerprint density at radius 1 is 1.03 bits per heavy atom. The molecule has 0 spiro atoms. The lowest BCUT2D eigenvalue weighted by Gasteiger charge is -2.24. The minimum atomic E-state index is -0.315. The molecule has 2 heterocycles. The van der Waals surface area contributed by atoms with Crippen LogP contribution < -0.4 is 0 Å². The molecule has 1 unspecified atom stereocenters. The Kier molecular flexibility index (Phi) is 7.30. The molecule has 4 rings (SSSR count). The van der Waals surface area contributed by atoms with Gasteiger partial charge in [0.2, 0.25) is 11.8 Å². The van der Waals surface area contributed by atoms with Gasteiger partial charge in [-0.05, 0) is 29.2 Å². The van der Waals surface area contributed by atoms with Crippen molar-refractivity contribution in [1.82, 2.24) is 14.8 Å². The molecule has 33 heavy (non-hydrogen) atoms. The second kappa shape index (κ2) is 10.7. The number of aromatic nitrogens is 1. The first kappa shape index (κ1) is 22.5. The molecule has 5 heteroatoms. The van der Waals surface area contributed by atoms with Crippen molar-refractivity contribution in [2.45, 2.75) is 12.8 Å². The van der Waals surface area contributed by atoms with Gasteiger partial charge in [-0.2, -0.15) is 0 Å². The highest BCUT2D eigenvalue weighted by Crippen LogP contribution is 2.27. The molecule has 2 amide bonds. The summed E-state index contributed by atoms with van der Waals surface area (Å²) in [5.74, 6) is -0.184. The molecule has 1 aliphatic rings. The average molecular weight is 440 g/mol. The molecule has 1 fully saturated rings. The molecule has 168 valence electrons. The highest BCUT2D eigenvalue weighted by atomic mass is 16.2. The maximum absolute atomic E-state index is 13.4. The smallest absolute Gasteiger partial charge is 0.228 e. The van der Waals surface area contributed by atoms with E-state index in [1.54, 1.807) is 12.3 Å². The van der Waals surface area contributed by atoms with Crippen molar-refractivity contribution in [3.8, 4) is 11.1 Å². The van der Waals surface area contributed by atoms with Crippen LogP contribution in [-0.4, -0.2) is 52.8 Å². The van der Waals surface area contributed by atoms with Crippen LogP contribution in [0.2, 0.25) is 0 Å². The van der Waals surface area contributed by atoms with Crippen LogP contribution in [0.5, 0.6) is 0 Å². The van der Waals surface area contributed by atoms with E-state index in [-0.39, 0.29) is 17.7 Å². The highest BCUT2D eigenvalue weighted by molar-refractivity contribution is 5.83. The van der Waals surface area contributed by atoms with Gasteiger partial charge in [0.05, 0.1) is 12.3 Å². The molecule has 1 saturated heterocycles. The number of hydrogen-bond donors (Lipinski definition) is 0. The van der Waals surface area contributed by atoms with Gasteiger partial charge in [0, 0.05) is 44.1 Å². The van der Waals surface area contributed by atoms with Gasteiger partial charge < -0.3 is 9.80 Å². The lowest BCUT2D eigenvalue weighted by Crippen LogP contribution is -2.38. The van der Waals surface area contributed by atoms with Crippen molar-refractivity contribution in [2.75, 3.05) is 26.2 Å². The molecule has 5 nitrogen and oxygen atoms in total. The predicted octanol–water partition coefficient (Wildman–Crippen LogP) is 4.01. The highest BCUT2D eigenvalue weighted by Gasteiger charge is 2.32. The van der Waals surface area contributed by atoms with Crippen LogP contribution in [-0.2, 0) is 22.4 Å². The zero-order chi connectivity index (χ0) is 23.0. The fourth-order valence-corrected chi connectivity index (χ4v) is 4.41. The molecule has 3 aromatic rings. The van der Waals surface area contributed by atoms with Crippen LogP contribution >= 0.6 is 0 Å². The number of amides is 2. The van der Waals surface area contributed by atoms with Gasteiger partial charge in [0.15, 0.2) is 0 Å². The third-order valence-corrected chi connectivity index (χ3v) is 6.10. The Labute approximate surface area is 195 Å². The van der Waals surface area contributed by atoms with E-state index in [9.17, 15) is 9.59 Å². The van der Waals surface area contributed by atoms with E-state index in [0.29, 0.717) is 39.0 Å². The van der Waals surface area contributed by atoms with Crippen molar-refractivity contribution in [3.63, 3.8) is 0 Å².